The molecule has 3 aromatic carbocycles. The molecule has 3 nitrogen and oxygen atoms in total. The quantitative estimate of drug-likeness (QED) is 0.293. The van der Waals surface area contributed by atoms with Crippen LogP contribution in [0.4, 0.5) is 0 Å². The standard InChI is InChI=1S/C31H35BN3/c1-22(2)27-20-26(24-12-8-7-9-13-24)21-28(23(3)4)30(27)35-19-18-33(5)31(35)32-29-15-11-10-14-25(29)16-17-34(32)6/h7-23H,1-6H3/q+1. The predicted octanol–water partition coefficient (Wildman–Crippen LogP) is 5.24. The predicted molar refractivity (Wildman–Crippen MR) is 149 cm³/mol. The first-order chi connectivity index (χ1) is 16.9. The minimum Gasteiger partial charge on any atom is -0.409 e. The molecule has 0 bridgehead atoms. The maximum absolute atomic E-state index is 2.45. The number of fused-ring (bicyclic) bond motifs is 1. The number of rotatable bonds is 5. The fraction of sp³-hybridized carbons (Fsp3) is 0.258. The molecule has 0 radical (unpaired) electrons. The third-order valence-corrected chi connectivity index (χ3v) is 7.24. The van der Waals surface area contributed by atoms with Crippen molar-refractivity contribution >= 4 is 24.1 Å². The SMILES string of the molecule is CC(C)c1cc(-c2ccccc2)cc(C(C)C)c1-n1cc[n+](C)c1B1c2ccccc2C=CN1C. The number of aryl methyl sites for hydroxylation is 1. The lowest BCUT2D eigenvalue weighted by Crippen LogP contribution is -2.66. The van der Waals surface area contributed by atoms with Crippen LogP contribution in [0.1, 0.15) is 56.2 Å². The van der Waals surface area contributed by atoms with Gasteiger partial charge in [-0.15, -0.1) is 0 Å². The Morgan fingerprint density at radius 1 is 0.800 bits per heavy atom. The highest BCUT2D eigenvalue weighted by atomic mass is 15.2. The summed E-state index contributed by atoms with van der Waals surface area (Å²) in [6.45, 7) is 9.37. The average Bonchev–Trinajstić information content (AvgIpc) is 3.24. The highest BCUT2D eigenvalue weighted by Gasteiger charge is 2.40. The number of hydrogen-bond acceptors (Lipinski definition) is 1. The Kier molecular flexibility index (Phi) is 6.14. The molecule has 0 atom stereocenters. The number of aromatic nitrogens is 2. The fourth-order valence-electron chi connectivity index (χ4n) is 5.38. The van der Waals surface area contributed by atoms with E-state index in [9.17, 15) is 0 Å². The molecule has 0 saturated heterocycles. The molecule has 0 aliphatic carbocycles. The fourth-order valence-corrected chi connectivity index (χ4v) is 5.38. The van der Waals surface area contributed by atoms with Gasteiger partial charge in [0.2, 0.25) is 5.72 Å². The third kappa shape index (κ3) is 4.12. The lowest BCUT2D eigenvalue weighted by atomic mass is 9.51. The number of hydrogen-bond donors (Lipinski definition) is 0. The van der Waals surface area contributed by atoms with Crippen LogP contribution < -0.4 is 15.8 Å². The molecule has 4 aromatic rings. The van der Waals surface area contributed by atoms with Crippen molar-refractivity contribution in [2.75, 3.05) is 7.05 Å². The van der Waals surface area contributed by atoms with Gasteiger partial charge < -0.3 is 4.81 Å². The van der Waals surface area contributed by atoms with Crippen LogP contribution in [0.3, 0.4) is 0 Å². The highest BCUT2D eigenvalue weighted by Crippen LogP contribution is 2.35. The van der Waals surface area contributed by atoms with Crippen LogP contribution in [0.2, 0.25) is 0 Å². The summed E-state index contributed by atoms with van der Waals surface area (Å²) in [5.74, 6) is 0.783. The lowest BCUT2D eigenvalue weighted by molar-refractivity contribution is -0.653. The van der Waals surface area contributed by atoms with Crippen LogP contribution in [0, 0.1) is 0 Å². The van der Waals surface area contributed by atoms with Gasteiger partial charge in [-0.25, -0.2) is 9.13 Å². The molecule has 1 aliphatic rings. The Hall–Kier alpha value is -3.53. The van der Waals surface area contributed by atoms with Crippen molar-refractivity contribution < 1.29 is 4.57 Å². The Morgan fingerprint density at radius 2 is 1.43 bits per heavy atom. The van der Waals surface area contributed by atoms with Crippen molar-refractivity contribution in [3.63, 3.8) is 0 Å². The zero-order valence-electron chi connectivity index (χ0n) is 21.7. The van der Waals surface area contributed by atoms with Gasteiger partial charge in [-0.2, -0.15) is 0 Å². The number of imidazole rings is 1. The molecule has 0 fully saturated rings. The summed E-state index contributed by atoms with van der Waals surface area (Å²) in [4.78, 5) is 2.33. The first-order valence-electron chi connectivity index (χ1n) is 12.7. The normalized spacial score (nSPS) is 13.1. The molecule has 0 unspecified atom stereocenters. The summed E-state index contributed by atoms with van der Waals surface area (Å²) >= 11 is 0. The number of nitrogens with zero attached hydrogens (tertiary/aromatic N) is 3. The third-order valence-electron chi connectivity index (χ3n) is 7.24. The van der Waals surface area contributed by atoms with E-state index >= 15 is 0 Å². The molecule has 35 heavy (non-hydrogen) atoms. The van der Waals surface area contributed by atoms with Gasteiger partial charge in [0.05, 0.1) is 7.05 Å². The van der Waals surface area contributed by atoms with Crippen LogP contribution in [-0.2, 0) is 7.05 Å². The van der Waals surface area contributed by atoms with E-state index in [1.54, 1.807) is 0 Å². The molecule has 0 saturated carbocycles. The zero-order valence-corrected chi connectivity index (χ0v) is 21.7. The minimum atomic E-state index is 0.130. The van der Waals surface area contributed by atoms with E-state index in [1.165, 1.54) is 44.7 Å². The molecule has 5 rings (SSSR count). The molecule has 176 valence electrons. The van der Waals surface area contributed by atoms with Gasteiger partial charge in [0.15, 0.2) is 0 Å². The second kappa shape index (κ2) is 9.26. The van der Waals surface area contributed by atoms with E-state index < -0.39 is 0 Å². The second-order valence-corrected chi connectivity index (χ2v) is 10.3. The summed E-state index contributed by atoms with van der Waals surface area (Å²) in [7, 11) is 4.35. The monoisotopic (exact) mass is 460 g/mol. The maximum Gasteiger partial charge on any atom is 0.428 e. The van der Waals surface area contributed by atoms with E-state index in [1.807, 2.05) is 0 Å². The van der Waals surface area contributed by atoms with E-state index in [4.69, 9.17) is 0 Å². The smallest absolute Gasteiger partial charge is 0.409 e. The molecule has 2 heterocycles. The van der Waals surface area contributed by atoms with Crippen LogP contribution in [0.5, 0.6) is 0 Å². The molecular weight excluding hydrogens is 425 g/mol. The lowest BCUT2D eigenvalue weighted by Gasteiger charge is -2.28. The second-order valence-electron chi connectivity index (χ2n) is 10.3. The van der Waals surface area contributed by atoms with Crippen molar-refractivity contribution in [2.45, 2.75) is 39.5 Å². The van der Waals surface area contributed by atoms with Gasteiger partial charge in [-0.05, 0) is 65.4 Å². The van der Waals surface area contributed by atoms with Gasteiger partial charge in [0.25, 0.3) is 0 Å². The van der Waals surface area contributed by atoms with Gasteiger partial charge in [-0.3, -0.25) is 0 Å². The Labute approximate surface area is 210 Å². The van der Waals surface area contributed by atoms with E-state index in [2.05, 4.69) is 147 Å². The first kappa shape index (κ1) is 23.2. The van der Waals surface area contributed by atoms with Gasteiger partial charge in [0.1, 0.15) is 18.1 Å². The molecule has 1 aromatic heterocycles. The Morgan fingerprint density at radius 3 is 2.09 bits per heavy atom. The topological polar surface area (TPSA) is 12.0 Å². The molecule has 1 aliphatic heterocycles. The molecule has 0 N–H and O–H groups in total. The highest BCUT2D eigenvalue weighted by molar-refractivity contribution is 6.82. The van der Waals surface area contributed by atoms with Crippen LogP contribution >= 0.6 is 0 Å². The van der Waals surface area contributed by atoms with Crippen molar-refractivity contribution in [2.24, 2.45) is 7.05 Å². The van der Waals surface area contributed by atoms with Crippen LogP contribution in [0.25, 0.3) is 22.9 Å². The maximum atomic E-state index is 2.45. The van der Waals surface area contributed by atoms with Crippen LogP contribution in [0.15, 0.2) is 85.3 Å². The summed E-state index contributed by atoms with van der Waals surface area (Å²) in [6, 6.07) is 24.3. The Bertz CT molecular complexity index is 1350. The van der Waals surface area contributed by atoms with E-state index in [0.29, 0.717) is 11.8 Å². The zero-order chi connectivity index (χ0) is 24.7. The van der Waals surface area contributed by atoms with E-state index in [-0.39, 0.29) is 6.85 Å². The average molecular weight is 460 g/mol. The summed E-state index contributed by atoms with van der Waals surface area (Å²) in [5.41, 5.74) is 10.5. The molecule has 4 heteroatoms. The molecular formula is C31H35BN3+. The van der Waals surface area contributed by atoms with Gasteiger partial charge in [0, 0.05) is 11.1 Å². The van der Waals surface area contributed by atoms with Crippen molar-refractivity contribution in [1.82, 2.24) is 9.38 Å². The van der Waals surface area contributed by atoms with Crippen molar-refractivity contribution in [3.05, 3.63) is 102 Å². The largest absolute Gasteiger partial charge is 0.428 e. The summed E-state index contributed by atoms with van der Waals surface area (Å²) in [6.07, 6.45) is 8.87. The van der Waals surface area contributed by atoms with Gasteiger partial charge >= 0.3 is 6.85 Å². The first-order valence-corrected chi connectivity index (χ1v) is 12.7. The van der Waals surface area contributed by atoms with Crippen molar-refractivity contribution in [1.29, 1.82) is 0 Å². The molecule has 0 amide bonds. The Balaban J connectivity index is 1.77. The minimum absolute atomic E-state index is 0.130. The van der Waals surface area contributed by atoms with E-state index in [0.717, 1.165) is 0 Å². The summed E-state index contributed by atoms with van der Waals surface area (Å²) < 4.78 is 4.74. The summed E-state index contributed by atoms with van der Waals surface area (Å²) in [5, 5.41) is 0. The van der Waals surface area contributed by atoms with Crippen LogP contribution in [-0.4, -0.2) is 23.3 Å². The van der Waals surface area contributed by atoms with Crippen molar-refractivity contribution in [3.8, 4) is 16.8 Å². The molecule has 0 spiro atoms. The van der Waals surface area contributed by atoms with Gasteiger partial charge in [-0.1, -0.05) is 82.3 Å². The number of benzene rings is 3.